The SMILES string of the molecule is CCCCCCc1ccc2oc(/C=C(\C)C(=O)c3c(O)cc(C(C)CC/C=C/NC(=O)O)oc3=O)cc2c1. The molecule has 0 bridgehead atoms. The highest BCUT2D eigenvalue weighted by molar-refractivity contribution is 6.12. The molecule has 8 nitrogen and oxygen atoms in total. The van der Waals surface area contributed by atoms with Crippen LogP contribution in [0.3, 0.4) is 0 Å². The molecule has 0 radical (unpaired) electrons. The lowest BCUT2D eigenvalue weighted by Crippen LogP contribution is -2.16. The molecule has 1 atom stereocenters. The third-order valence-electron chi connectivity index (χ3n) is 6.39. The van der Waals surface area contributed by atoms with E-state index in [-0.39, 0.29) is 17.3 Å². The Morgan fingerprint density at radius 1 is 1.11 bits per heavy atom. The normalized spacial score (nSPS) is 12.8. The topological polar surface area (TPSA) is 130 Å². The van der Waals surface area contributed by atoms with Crippen molar-refractivity contribution in [1.29, 1.82) is 0 Å². The number of nitrogens with one attached hydrogen (secondary N) is 1. The number of carboxylic acid groups (broad SMARTS) is 1. The van der Waals surface area contributed by atoms with Crippen LogP contribution in [-0.4, -0.2) is 22.1 Å². The number of hydrogen-bond acceptors (Lipinski definition) is 6. The van der Waals surface area contributed by atoms with E-state index in [1.807, 2.05) is 12.1 Å². The number of rotatable bonds is 13. The molecular weight excluding hydrogens is 486 g/mol. The van der Waals surface area contributed by atoms with E-state index in [9.17, 15) is 19.5 Å². The first kappa shape index (κ1) is 28.5. The number of unbranched alkanes of at least 4 members (excludes halogenated alkanes) is 3. The lowest BCUT2D eigenvalue weighted by atomic mass is 9.99. The number of ketones is 1. The third-order valence-corrected chi connectivity index (χ3v) is 6.39. The summed E-state index contributed by atoms with van der Waals surface area (Å²) in [5.74, 6) is -0.603. The Morgan fingerprint density at radius 3 is 2.61 bits per heavy atom. The first-order chi connectivity index (χ1) is 18.2. The van der Waals surface area contributed by atoms with Gasteiger partial charge in [-0.15, -0.1) is 0 Å². The number of aromatic hydroxyl groups is 1. The minimum absolute atomic E-state index is 0.225. The van der Waals surface area contributed by atoms with Crippen molar-refractivity contribution < 1.29 is 28.6 Å². The van der Waals surface area contributed by atoms with E-state index in [4.69, 9.17) is 13.9 Å². The molecule has 0 fully saturated rings. The highest BCUT2D eigenvalue weighted by atomic mass is 16.4. The van der Waals surface area contributed by atoms with Crippen molar-refractivity contribution in [1.82, 2.24) is 5.32 Å². The van der Waals surface area contributed by atoms with Gasteiger partial charge in [-0.05, 0) is 62.4 Å². The van der Waals surface area contributed by atoms with E-state index in [2.05, 4.69) is 24.4 Å². The van der Waals surface area contributed by atoms with E-state index in [0.717, 1.165) is 18.2 Å². The van der Waals surface area contributed by atoms with Gasteiger partial charge >= 0.3 is 11.7 Å². The second-order valence-corrected chi connectivity index (χ2v) is 9.51. The largest absolute Gasteiger partial charge is 0.507 e. The fourth-order valence-electron chi connectivity index (χ4n) is 4.22. The average molecular weight is 522 g/mol. The highest BCUT2D eigenvalue weighted by Gasteiger charge is 2.22. The summed E-state index contributed by atoms with van der Waals surface area (Å²) in [6.07, 6.45) is 10.2. The Balaban J connectivity index is 1.71. The van der Waals surface area contributed by atoms with Crippen molar-refractivity contribution in [2.45, 2.75) is 71.6 Å². The number of amides is 1. The monoisotopic (exact) mass is 521 g/mol. The summed E-state index contributed by atoms with van der Waals surface area (Å²) < 4.78 is 11.2. The molecule has 0 saturated carbocycles. The van der Waals surface area contributed by atoms with Crippen LogP contribution in [0.5, 0.6) is 5.75 Å². The second-order valence-electron chi connectivity index (χ2n) is 9.51. The van der Waals surface area contributed by atoms with Crippen molar-refractivity contribution >= 4 is 28.9 Å². The van der Waals surface area contributed by atoms with Gasteiger partial charge in [-0.2, -0.15) is 0 Å². The van der Waals surface area contributed by atoms with Gasteiger partial charge in [0.2, 0.25) is 0 Å². The van der Waals surface area contributed by atoms with Crippen LogP contribution in [-0.2, 0) is 6.42 Å². The number of Topliss-reactive ketones (excluding diaryl/α,β-unsaturated/α-hetero) is 1. The van der Waals surface area contributed by atoms with Gasteiger partial charge in [0, 0.05) is 29.1 Å². The summed E-state index contributed by atoms with van der Waals surface area (Å²) in [6.45, 7) is 5.55. The molecule has 38 heavy (non-hydrogen) atoms. The third kappa shape index (κ3) is 7.71. The zero-order chi connectivity index (χ0) is 27.7. The molecule has 1 amide bonds. The van der Waals surface area contributed by atoms with Crippen molar-refractivity contribution in [3.63, 3.8) is 0 Å². The molecule has 0 spiro atoms. The Hall–Kier alpha value is -4.07. The average Bonchev–Trinajstić information content (AvgIpc) is 3.27. The smallest absolute Gasteiger partial charge is 0.408 e. The molecule has 0 saturated heterocycles. The highest BCUT2D eigenvalue weighted by Crippen LogP contribution is 2.27. The molecule has 0 aliphatic rings. The first-order valence-corrected chi connectivity index (χ1v) is 13.0. The maximum Gasteiger partial charge on any atom is 0.408 e. The predicted octanol–water partition coefficient (Wildman–Crippen LogP) is 7.17. The van der Waals surface area contributed by atoms with E-state index < -0.39 is 28.8 Å². The number of furan rings is 1. The fourth-order valence-corrected chi connectivity index (χ4v) is 4.22. The Kier molecular flexibility index (Phi) is 10.1. The molecule has 0 aliphatic heterocycles. The molecule has 202 valence electrons. The van der Waals surface area contributed by atoms with Gasteiger partial charge in [0.25, 0.3) is 0 Å². The van der Waals surface area contributed by atoms with Gasteiger partial charge in [-0.25, -0.2) is 9.59 Å². The summed E-state index contributed by atoms with van der Waals surface area (Å²) in [7, 11) is 0. The van der Waals surface area contributed by atoms with Gasteiger partial charge in [-0.1, -0.05) is 45.3 Å². The molecule has 3 rings (SSSR count). The van der Waals surface area contributed by atoms with Crippen LogP contribution in [0.2, 0.25) is 0 Å². The molecule has 8 heteroatoms. The Bertz CT molecular complexity index is 1390. The zero-order valence-electron chi connectivity index (χ0n) is 22.1. The van der Waals surface area contributed by atoms with Crippen molar-refractivity contribution in [2.75, 3.05) is 0 Å². The lowest BCUT2D eigenvalue weighted by Gasteiger charge is -2.11. The van der Waals surface area contributed by atoms with Crippen LogP contribution in [0.25, 0.3) is 17.0 Å². The standard InChI is InChI=1S/C30H35NO7/c1-4-5-6-7-11-21-12-13-25-22(16-21)17-23(37-25)15-20(3)28(33)27-24(32)18-26(38-29(27)34)19(2)10-8-9-14-31-30(35)36/h9,12-19,31-32H,4-8,10-11H2,1-3H3,(H,35,36)/b14-9+,20-15+. The van der Waals surface area contributed by atoms with Crippen molar-refractivity contribution in [3.05, 3.63) is 81.2 Å². The number of aryl methyl sites for hydroxylation is 1. The van der Waals surface area contributed by atoms with E-state index in [1.165, 1.54) is 37.1 Å². The maximum atomic E-state index is 13.0. The molecule has 1 unspecified atom stereocenters. The van der Waals surface area contributed by atoms with E-state index >= 15 is 0 Å². The predicted molar refractivity (Wildman–Crippen MR) is 147 cm³/mol. The summed E-state index contributed by atoms with van der Waals surface area (Å²) in [5, 5.41) is 22.1. The molecule has 0 aliphatic carbocycles. The van der Waals surface area contributed by atoms with Crippen molar-refractivity contribution in [3.8, 4) is 5.75 Å². The summed E-state index contributed by atoms with van der Waals surface area (Å²) in [5.41, 5.74) is 0.838. The maximum absolute atomic E-state index is 13.0. The number of fused-ring (bicyclic) bond motifs is 1. The van der Waals surface area contributed by atoms with Gasteiger partial charge in [0.15, 0.2) is 5.78 Å². The van der Waals surface area contributed by atoms with Crippen LogP contribution in [0.1, 0.15) is 92.7 Å². The second kappa shape index (κ2) is 13.5. The van der Waals surface area contributed by atoms with Crippen molar-refractivity contribution in [2.24, 2.45) is 0 Å². The van der Waals surface area contributed by atoms with Crippen LogP contribution in [0.4, 0.5) is 4.79 Å². The van der Waals surface area contributed by atoms with Gasteiger partial charge in [0.05, 0.1) is 0 Å². The molecular formula is C30H35NO7. The van der Waals surface area contributed by atoms with Crippen LogP contribution in [0.15, 0.2) is 61.8 Å². The fraction of sp³-hybridized carbons (Fsp3) is 0.367. The summed E-state index contributed by atoms with van der Waals surface area (Å²) in [6, 6.07) is 9.22. The first-order valence-electron chi connectivity index (χ1n) is 13.0. The molecule has 1 aromatic carbocycles. The minimum atomic E-state index is -1.16. The zero-order valence-corrected chi connectivity index (χ0v) is 22.1. The van der Waals surface area contributed by atoms with E-state index in [0.29, 0.717) is 24.2 Å². The minimum Gasteiger partial charge on any atom is -0.507 e. The molecule has 3 N–H and O–H groups in total. The number of carbonyl (C=O) groups excluding carboxylic acids is 1. The molecule has 2 aromatic heterocycles. The van der Waals surface area contributed by atoms with Gasteiger partial charge in [-0.3, -0.25) is 10.1 Å². The quantitative estimate of drug-likeness (QED) is 0.123. The number of allylic oxidation sites excluding steroid dienone is 2. The van der Waals surface area contributed by atoms with Gasteiger partial charge < -0.3 is 19.0 Å². The number of hydrogen-bond donors (Lipinski definition) is 3. The van der Waals surface area contributed by atoms with Crippen LogP contribution >= 0.6 is 0 Å². The van der Waals surface area contributed by atoms with Crippen LogP contribution in [0, 0.1) is 0 Å². The van der Waals surface area contributed by atoms with Crippen LogP contribution < -0.4 is 10.9 Å². The van der Waals surface area contributed by atoms with Gasteiger partial charge in [0.1, 0.15) is 28.4 Å². The lowest BCUT2D eigenvalue weighted by molar-refractivity contribution is 0.102. The van der Waals surface area contributed by atoms with E-state index in [1.54, 1.807) is 26.0 Å². The summed E-state index contributed by atoms with van der Waals surface area (Å²) in [4.78, 5) is 36.1. The molecule has 2 heterocycles. The number of benzene rings is 1. The Morgan fingerprint density at radius 2 is 1.89 bits per heavy atom. The summed E-state index contributed by atoms with van der Waals surface area (Å²) >= 11 is 0. The molecule has 3 aromatic rings. The number of carbonyl (C=O) groups is 2. The Labute approximate surface area is 221 Å².